The lowest BCUT2D eigenvalue weighted by Gasteiger charge is -2.16. The van der Waals surface area contributed by atoms with Gasteiger partial charge in [0, 0.05) is 50.2 Å². The Morgan fingerprint density at radius 1 is 1.15 bits per heavy atom. The van der Waals surface area contributed by atoms with E-state index in [0.717, 1.165) is 23.1 Å². The van der Waals surface area contributed by atoms with Crippen LogP contribution in [0.3, 0.4) is 0 Å². The Kier molecular flexibility index (Phi) is 6.22. The number of amides is 1. The fraction of sp³-hybridized carbons (Fsp3) is 0.346. The molecule has 2 N–H and O–H groups in total. The van der Waals surface area contributed by atoms with Crippen LogP contribution in [0.4, 0.5) is 5.82 Å². The number of hydrogen-bond acceptors (Lipinski definition) is 4. The smallest absolute Gasteiger partial charge is 0.293 e. The first kappa shape index (κ1) is 22.6. The Morgan fingerprint density at radius 2 is 1.91 bits per heavy atom. The molecule has 0 unspecified atom stereocenters. The molecule has 2 aromatic heterocycles. The van der Waals surface area contributed by atoms with Gasteiger partial charge >= 0.3 is 0 Å². The molecule has 7 nitrogen and oxygen atoms in total. The number of anilines is 1. The number of nitrogens with one attached hydrogen (secondary N) is 2. The number of H-pyrrole nitrogens is 1. The molecule has 7 heteroatoms. The Balaban J connectivity index is 1.45. The van der Waals surface area contributed by atoms with E-state index >= 15 is 0 Å². The molecule has 2 heterocycles. The van der Waals surface area contributed by atoms with Crippen LogP contribution in [0.2, 0.25) is 0 Å². The first-order valence-electron chi connectivity index (χ1n) is 11.3. The van der Waals surface area contributed by atoms with Crippen molar-refractivity contribution in [3.05, 3.63) is 69.1 Å². The lowest BCUT2D eigenvalue weighted by atomic mass is 10.0. The number of nitrogens with zero attached hydrogens (tertiary/aromatic N) is 3. The maximum atomic E-state index is 12.9. The summed E-state index contributed by atoms with van der Waals surface area (Å²) in [6.45, 7) is 7.15. The fourth-order valence-electron chi connectivity index (χ4n) is 4.48. The maximum Gasteiger partial charge on any atom is 0.293 e. The van der Waals surface area contributed by atoms with E-state index in [4.69, 9.17) is 0 Å². The summed E-state index contributed by atoms with van der Waals surface area (Å²) in [7, 11) is 3.59. The molecule has 0 aliphatic heterocycles. The van der Waals surface area contributed by atoms with Gasteiger partial charge in [0.15, 0.2) is 5.82 Å². The third-order valence-corrected chi connectivity index (χ3v) is 6.09. The van der Waals surface area contributed by atoms with Gasteiger partial charge in [0.05, 0.1) is 11.0 Å². The van der Waals surface area contributed by atoms with Crippen LogP contribution < -0.4 is 15.8 Å². The number of aromatic nitrogens is 3. The fourth-order valence-corrected chi connectivity index (χ4v) is 4.48. The van der Waals surface area contributed by atoms with Gasteiger partial charge in [-0.3, -0.25) is 9.59 Å². The van der Waals surface area contributed by atoms with Crippen molar-refractivity contribution >= 4 is 33.7 Å². The molecular weight excluding hydrogens is 414 g/mol. The topological polar surface area (TPSA) is 83.0 Å². The van der Waals surface area contributed by atoms with Crippen molar-refractivity contribution in [3.63, 3.8) is 0 Å². The number of rotatable bonds is 7. The van der Waals surface area contributed by atoms with Crippen molar-refractivity contribution in [2.45, 2.75) is 40.2 Å². The summed E-state index contributed by atoms with van der Waals surface area (Å²) in [5.74, 6) is 0.300. The summed E-state index contributed by atoms with van der Waals surface area (Å²) in [6.07, 6.45) is 0.981. The van der Waals surface area contributed by atoms with Crippen molar-refractivity contribution in [3.8, 4) is 0 Å². The van der Waals surface area contributed by atoms with Crippen LogP contribution in [0.15, 0.2) is 41.2 Å². The van der Waals surface area contributed by atoms with Crippen LogP contribution in [0.1, 0.15) is 28.8 Å². The Hall–Kier alpha value is -3.61. The summed E-state index contributed by atoms with van der Waals surface area (Å²) in [5.41, 5.74) is 7.30. The molecule has 0 aliphatic rings. The van der Waals surface area contributed by atoms with E-state index < -0.39 is 0 Å². The van der Waals surface area contributed by atoms with E-state index in [-0.39, 0.29) is 17.9 Å². The van der Waals surface area contributed by atoms with E-state index in [9.17, 15) is 9.59 Å². The summed E-state index contributed by atoms with van der Waals surface area (Å²) in [4.78, 5) is 35.2. The van der Waals surface area contributed by atoms with Gasteiger partial charge in [-0.15, -0.1) is 0 Å². The molecule has 172 valence electrons. The Bertz CT molecular complexity index is 1400. The molecule has 0 fully saturated rings. The first-order chi connectivity index (χ1) is 15.8. The van der Waals surface area contributed by atoms with Gasteiger partial charge in [-0.1, -0.05) is 23.8 Å². The Morgan fingerprint density at radius 3 is 2.67 bits per heavy atom. The standard InChI is InChI=1S/C26H31N5O2/c1-16-14-17(2)24-20(15-16)19(18(3)28-24)10-12-27-23(32)11-13-31-22-9-7-6-8-21(22)29-25(26(31)33)30(4)5/h6-9,14-15,28H,10-13H2,1-5H3,(H,27,32). The van der Waals surface area contributed by atoms with Gasteiger partial charge < -0.3 is 19.8 Å². The molecule has 2 aromatic carbocycles. The third kappa shape index (κ3) is 4.49. The largest absolute Gasteiger partial charge is 0.358 e. The predicted octanol–water partition coefficient (Wildman–Crippen LogP) is 3.62. The lowest BCUT2D eigenvalue weighted by molar-refractivity contribution is -0.121. The molecule has 0 aliphatic carbocycles. The predicted molar refractivity (Wildman–Crippen MR) is 134 cm³/mol. The second kappa shape index (κ2) is 9.10. The van der Waals surface area contributed by atoms with Crippen LogP contribution in [0, 0.1) is 20.8 Å². The van der Waals surface area contributed by atoms with E-state index in [2.05, 4.69) is 48.2 Å². The third-order valence-electron chi connectivity index (χ3n) is 6.09. The number of aromatic amines is 1. The summed E-state index contributed by atoms with van der Waals surface area (Å²) in [5, 5.41) is 4.25. The molecule has 0 radical (unpaired) electrons. The summed E-state index contributed by atoms with van der Waals surface area (Å²) < 4.78 is 1.65. The van der Waals surface area contributed by atoms with E-state index in [1.165, 1.54) is 27.6 Å². The second-order valence-corrected chi connectivity index (χ2v) is 8.86. The normalized spacial score (nSPS) is 11.3. The highest BCUT2D eigenvalue weighted by atomic mass is 16.2. The second-order valence-electron chi connectivity index (χ2n) is 8.86. The van der Waals surface area contributed by atoms with Crippen LogP contribution in [-0.2, 0) is 17.8 Å². The van der Waals surface area contributed by atoms with Gasteiger partial charge in [0.2, 0.25) is 5.91 Å². The molecule has 0 saturated carbocycles. The van der Waals surface area contributed by atoms with Crippen molar-refractivity contribution < 1.29 is 4.79 Å². The van der Waals surface area contributed by atoms with Crippen molar-refractivity contribution in [1.82, 2.24) is 19.9 Å². The van der Waals surface area contributed by atoms with Crippen LogP contribution in [0.25, 0.3) is 21.9 Å². The van der Waals surface area contributed by atoms with E-state index in [1.807, 2.05) is 24.3 Å². The zero-order valence-corrected chi connectivity index (χ0v) is 20.0. The summed E-state index contributed by atoms with van der Waals surface area (Å²) >= 11 is 0. The highest BCUT2D eigenvalue weighted by Gasteiger charge is 2.14. The van der Waals surface area contributed by atoms with Crippen LogP contribution in [0.5, 0.6) is 0 Å². The number of benzene rings is 2. The molecule has 4 rings (SSSR count). The van der Waals surface area contributed by atoms with Gasteiger partial charge in [0.1, 0.15) is 0 Å². The SMILES string of the molecule is Cc1cc(C)c2[nH]c(C)c(CCNC(=O)CCn3c(=O)c(N(C)C)nc4ccccc43)c2c1. The molecule has 0 bridgehead atoms. The number of carbonyl (C=O) groups excluding carboxylic acids is 1. The number of carbonyl (C=O) groups is 1. The Labute approximate surface area is 193 Å². The van der Waals surface area contributed by atoms with Crippen LogP contribution in [-0.4, -0.2) is 41.1 Å². The zero-order valence-electron chi connectivity index (χ0n) is 20.0. The molecule has 0 saturated heterocycles. The first-order valence-corrected chi connectivity index (χ1v) is 11.3. The quantitative estimate of drug-likeness (QED) is 0.455. The molecule has 33 heavy (non-hydrogen) atoms. The monoisotopic (exact) mass is 445 g/mol. The van der Waals surface area contributed by atoms with Gasteiger partial charge in [-0.25, -0.2) is 4.98 Å². The van der Waals surface area contributed by atoms with Crippen molar-refractivity contribution in [1.29, 1.82) is 0 Å². The number of para-hydroxylation sites is 2. The number of fused-ring (bicyclic) bond motifs is 2. The minimum Gasteiger partial charge on any atom is -0.358 e. The van der Waals surface area contributed by atoms with Gasteiger partial charge in [-0.05, 0) is 56.5 Å². The van der Waals surface area contributed by atoms with Crippen molar-refractivity contribution in [2.24, 2.45) is 0 Å². The minimum absolute atomic E-state index is 0.0703. The van der Waals surface area contributed by atoms with Gasteiger partial charge in [-0.2, -0.15) is 0 Å². The van der Waals surface area contributed by atoms with Crippen LogP contribution >= 0.6 is 0 Å². The highest BCUT2D eigenvalue weighted by molar-refractivity contribution is 5.88. The minimum atomic E-state index is -0.188. The van der Waals surface area contributed by atoms with Gasteiger partial charge in [0.25, 0.3) is 5.56 Å². The average Bonchev–Trinajstić information content (AvgIpc) is 3.08. The molecule has 0 spiro atoms. The lowest BCUT2D eigenvalue weighted by Crippen LogP contribution is -2.32. The number of hydrogen-bond donors (Lipinski definition) is 2. The average molecular weight is 446 g/mol. The maximum absolute atomic E-state index is 12.9. The van der Waals surface area contributed by atoms with E-state index in [0.29, 0.717) is 18.9 Å². The zero-order chi connectivity index (χ0) is 23.7. The molecule has 1 amide bonds. The summed E-state index contributed by atoms with van der Waals surface area (Å²) in [6, 6.07) is 11.9. The highest BCUT2D eigenvalue weighted by Crippen LogP contribution is 2.26. The van der Waals surface area contributed by atoms with E-state index in [1.54, 1.807) is 23.6 Å². The molecule has 4 aromatic rings. The molecule has 0 atom stereocenters. The number of aryl methyl sites for hydroxylation is 4. The van der Waals surface area contributed by atoms with Crippen molar-refractivity contribution in [2.75, 3.05) is 25.5 Å². The molecular formula is C26H31N5O2.